The first kappa shape index (κ1) is 20.8. The molecule has 0 spiro atoms. The Labute approximate surface area is 161 Å². The highest BCUT2D eigenvalue weighted by Crippen LogP contribution is 2.31. The number of esters is 1. The van der Waals surface area contributed by atoms with E-state index >= 15 is 0 Å². The van der Waals surface area contributed by atoms with Crippen LogP contribution in [-0.4, -0.2) is 43.5 Å². The van der Waals surface area contributed by atoms with Gasteiger partial charge in [0.05, 0.1) is 6.26 Å². The first-order chi connectivity index (χ1) is 13.2. The normalized spacial score (nSPS) is 19.5. The zero-order chi connectivity index (χ0) is 20.9. The van der Waals surface area contributed by atoms with Crippen molar-refractivity contribution in [3.05, 3.63) is 57.8 Å². The quantitative estimate of drug-likeness (QED) is 0.0776. The summed E-state index contributed by atoms with van der Waals surface area (Å²) in [5.74, 6) is 0.0521. The van der Waals surface area contributed by atoms with Crippen LogP contribution in [0.1, 0.15) is 12.5 Å². The molecule has 1 aromatic rings. The van der Waals surface area contributed by atoms with E-state index in [1.54, 1.807) is 30.3 Å². The molecule has 0 saturated carbocycles. The number of β-lactam (4-membered cyclic amide) rings is 1. The number of hydrogen-bond donors (Lipinski definition) is 0. The van der Waals surface area contributed by atoms with Gasteiger partial charge in [-0.2, -0.15) is 8.42 Å². The maximum Gasteiger partial charge on any atom is 0.359 e. The van der Waals surface area contributed by atoms with Gasteiger partial charge in [-0.05, 0) is 18.0 Å². The molecular weight excluding hydrogens is 388 g/mol. The molecule has 11 heteroatoms. The van der Waals surface area contributed by atoms with E-state index in [0.717, 1.165) is 11.2 Å². The standard InChI is InChI=1S/C17H16N4O6S/c1-4-13-14(19-20-18)16(22)21(13)15(11(2)27-28(3,24)25)17(23)26-10-12-8-6-5-7-9-12/h1,5-9,13-14H,10H2,2-3H3/b15-11+. The Bertz CT molecular complexity index is 1010. The van der Waals surface area contributed by atoms with Crippen LogP contribution in [0.2, 0.25) is 0 Å². The van der Waals surface area contributed by atoms with Gasteiger partial charge in [0, 0.05) is 4.91 Å². The fraction of sp³-hybridized carbons (Fsp3) is 0.294. The van der Waals surface area contributed by atoms with Crippen molar-refractivity contribution in [2.75, 3.05) is 6.26 Å². The SMILES string of the molecule is C#CC1C(N=[N+]=[N-])C(=O)N1/C(C(=O)OCc1ccccc1)=C(\C)OS(C)(=O)=O. The van der Waals surface area contributed by atoms with Crippen LogP contribution in [0, 0.1) is 12.3 Å². The van der Waals surface area contributed by atoms with E-state index in [0.29, 0.717) is 5.56 Å². The Morgan fingerprint density at radius 3 is 2.57 bits per heavy atom. The molecule has 1 saturated heterocycles. The molecule has 1 aliphatic heterocycles. The number of carbonyl (C=O) groups is 2. The minimum atomic E-state index is -3.99. The van der Waals surface area contributed by atoms with Crippen molar-refractivity contribution in [3.63, 3.8) is 0 Å². The lowest BCUT2D eigenvalue weighted by Gasteiger charge is -2.42. The number of benzene rings is 1. The second-order valence-corrected chi connectivity index (χ2v) is 7.30. The van der Waals surface area contributed by atoms with Crippen molar-refractivity contribution in [3.8, 4) is 12.3 Å². The molecule has 0 aliphatic carbocycles. The summed E-state index contributed by atoms with van der Waals surface area (Å²) in [6.45, 7) is 1.06. The van der Waals surface area contributed by atoms with Gasteiger partial charge >= 0.3 is 16.1 Å². The number of hydrogen-bond acceptors (Lipinski definition) is 7. The summed E-state index contributed by atoms with van der Waals surface area (Å²) in [5, 5.41) is 3.30. The molecule has 2 atom stereocenters. The molecule has 0 bridgehead atoms. The molecule has 0 N–H and O–H groups in total. The molecule has 0 aromatic heterocycles. The smallest absolute Gasteiger partial charge is 0.359 e. The fourth-order valence-electron chi connectivity index (χ4n) is 2.53. The van der Waals surface area contributed by atoms with Crippen LogP contribution in [0.25, 0.3) is 10.4 Å². The molecule has 0 radical (unpaired) electrons. The van der Waals surface area contributed by atoms with Gasteiger partial charge < -0.3 is 8.92 Å². The van der Waals surface area contributed by atoms with Crippen LogP contribution in [0.4, 0.5) is 0 Å². The predicted octanol–water partition coefficient (Wildman–Crippen LogP) is 1.46. The highest BCUT2D eigenvalue weighted by Gasteiger charge is 2.50. The Morgan fingerprint density at radius 2 is 2.04 bits per heavy atom. The first-order valence-corrected chi connectivity index (χ1v) is 9.66. The Balaban J connectivity index is 2.36. The van der Waals surface area contributed by atoms with E-state index in [2.05, 4.69) is 15.9 Å². The largest absolute Gasteiger partial charge is 0.456 e. The fourth-order valence-corrected chi connectivity index (χ4v) is 3.06. The van der Waals surface area contributed by atoms with Crippen molar-refractivity contribution in [2.24, 2.45) is 5.11 Å². The van der Waals surface area contributed by atoms with Crippen molar-refractivity contribution < 1.29 is 26.9 Å². The topological polar surface area (TPSA) is 139 Å². The summed E-state index contributed by atoms with van der Waals surface area (Å²) in [5.41, 5.74) is 8.75. The lowest BCUT2D eigenvalue weighted by atomic mass is 9.95. The molecule has 2 rings (SSSR count). The van der Waals surface area contributed by atoms with Crippen molar-refractivity contribution in [1.82, 2.24) is 4.90 Å². The molecule has 1 aromatic carbocycles. The lowest BCUT2D eigenvalue weighted by molar-refractivity contribution is -0.152. The maximum absolute atomic E-state index is 12.6. The third-order valence-electron chi connectivity index (χ3n) is 3.67. The van der Waals surface area contributed by atoms with E-state index in [-0.39, 0.29) is 6.61 Å². The monoisotopic (exact) mass is 404 g/mol. The number of allylic oxidation sites excluding steroid dienone is 1. The third-order valence-corrected chi connectivity index (χ3v) is 4.22. The molecule has 1 amide bonds. The number of terminal acetylenes is 1. The van der Waals surface area contributed by atoms with Gasteiger partial charge in [-0.15, -0.1) is 6.42 Å². The van der Waals surface area contributed by atoms with Gasteiger partial charge in [0.15, 0.2) is 5.70 Å². The lowest BCUT2D eigenvalue weighted by Crippen LogP contribution is -2.63. The first-order valence-electron chi connectivity index (χ1n) is 7.84. The van der Waals surface area contributed by atoms with Gasteiger partial charge in [-0.1, -0.05) is 41.4 Å². The summed E-state index contributed by atoms with van der Waals surface area (Å²) >= 11 is 0. The minimum Gasteiger partial charge on any atom is -0.456 e. The highest BCUT2D eigenvalue weighted by molar-refractivity contribution is 7.86. The molecule has 1 heterocycles. The average molecular weight is 404 g/mol. The molecule has 1 fully saturated rings. The van der Waals surface area contributed by atoms with Crippen LogP contribution in [0.15, 0.2) is 46.9 Å². The van der Waals surface area contributed by atoms with Gasteiger partial charge in [-0.25, -0.2) is 4.79 Å². The second-order valence-electron chi connectivity index (χ2n) is 5.72. The number of rotatable bonds is 7. The van der Waals surface area contributed by atoms with Gasteiger partial charge in [0.25, 0.3) is 0 Å². The molecule has 146 valence electrons. The van der Waals surface area contributed by atoms with E-state index in [9.17, 15) is 18.0 Å². The number of likely N-dealkylation sites (tertiary alicyclic amines) is 1. The molecular formula is C17H16N4O6S. The summed E-state index contributed by atoms with van der Waals surface area (Å²) in [6.07, 6.45) is 6.16. The van der Waals surface area contributed by atoms with Crippen LogP contribution >= 0.6 is 0 Å². The van der Waals surface area contributed by atoms with E-state index in [4.69, 9.17) is 20.9 Å². The zero-order valence-corrected chi connectivity index (χ0v) is 15.8. The zero-order valence-electron chi connectivity index (χ0n) is 15.0. The molecule has 2 unspecified atom stereocenters. The highest BCUT2D eigenvalue weighted by atomic mass is 32.2. The number of ether oxygens (including phenoxy) is 1. The molecule has 1 aliphatic rings. The minimum absolute atomic E-state index is 0.127. The second kappa shape index (κ2) is 8.47. The van der Waals surface area contributed by atoms with Crippen molar-refractivity contribution in [1.29, 1.82) is 0 Å². The Kier molecular flexibility index (Phi) is 6.30. The number of azide groups is 1. The van der Waals surface area contributed by atoms with E-state index in [1.807, 2.05) is 0 Å². The van der Waals surface area contributed by atoms with Gasteiger partial charge in [0.2, 0.25) is 5.91 Å². The number of carbonyl (C=O) groups excluding carboxylic acids is 2. The number of amides is 1. The van der Waals surface area contributed by atoms with E-state index < -0.39 is 45.5 Å². The summed E-state index contributed by atoms with van der Waals surface area (Å²) in [6, 6.07) is 6.41. The third kappa shape index (κ3) is 4.62. The average Bonchev–Trinajstić information content (AvgIpc) is 2.64. The van der Waals surface area contributed by atoms with Crippen molar-refractivity contribution >= 4 is 22.0 Å². The Hall–Kier alpha value is -3.48. The van der Waals surface area contributed by atoms with Crippen LogP contribution in [0.5, 0.6) is 0 Å². The summed E-state index contributed by atoms with van der Waals surface area (Å²) < 4.78 is 32.8. The van der Waals surface area contributed by atoms with E-state index in [1.165, 1.54) is 6.92 Å². The van der Waals surface area contributed by atoms with Crippen LogP contribution in [-0.2, 0) is 35.2 Å². The van der Waals surface area contributed by atoms with Gasteiger partial charge in [-0.3, -0.25) is 9.69 Å². The van der Waals surface area contributed by atoms with Crippen LogP contribution < -0.4 is 0 Å². The predicted molar refractivity (Wildman–Crippen MR) is 97.3 cm³/mol. The maximum atomic E-state index is 12.6. The Morgan fingerprint density at radius 1 is 1.39 bits per heavy atom. The summed E-state index contributed by atoms with van der Waals surface area (Å²) in [7, 11) is -3.99. The summed E-state index contributed by atoms with van der Waals surface area (Å²) in [4.78, 5) is 28.3. The molecule has 28 heavy (non-hydrogen) atoms. The molecule has 10 nitrogen and oxygen atoms in total. The van der Waals surface area contributed by atoms with Crippen LogP contribution in [0.3, 0.4) is 0 Å². The van der Waals surface area contributed by atoms with Crippen molar-refractivity contribution in [2.45, 2.75) is 25.6 Å². The van der Waals surface area contributed by atoms with Gasteiger partial charge in [0.1, 0.15) is 24.4 Å². The number of nitrogens with zero attached hydrogens (tertiary/aromatic N) is 4.